The fraction of sp³-hybridized carbons (Fsp3) is 0.417. The molecule has 1 aromatic carbocycles. The average molecular weight is 222 g/mol. The molecule has 1 amide bonds. The Labute approximate surface area is 95.7 Å². The highest BCUT2D eigenvalue weighted by Gasteiger charge is 2.16. The maximum atomic E-state index is 11.6. The number of aliphatic hydroxyl groups is 1. The van der Waals surface area contributed by atoms with Gasteiger partial charge in [0.25, 0.3) is 0 Å². The molecule has 0 fully saturated rings. The van der Waals surface area contributed by atoms with Gasteiger partial charge >= 0.3 is 0 Å². The highest BCUT2D eigenvalue weighted by Crippen LogP contribution is 2.11. The van der Waals surface area contributed by atoms with Crippen LogP contribution in [0.3, 0.4) is 0 Å². The largest absolute Gasteiger partial charge is 0.394 e. The summed E-state index contributed by atoms with van der Waals surface area (Å²) in [6.07, 6.45) is 0. The van der Waals surface area contributed by atoms with E-state index in [4.69, 9.17) is 0 Å². The molecule has 0 aromatic heterocycles. The molecule has 0 heterocycles. The van der Waals surface area contributed by atoms with E-state index in [1.54, 1.807) is 14.0 Å². The van der Waals surface area contributed by atoms with E-state index in [2.05, 4.69) is 10.6 Å². The topological polar surface area (TPSA) is 61.4 Å². The standard InChI is InChI=1S/C12H18N2O2/c1-9(13-2)12(16)14-11(8-15)10-6-4-3-5-7-10/h3-7,9,11,13,15H,8H2,1-2H3,(H,14,16). The van der Waals surface area contributed by atoms with Crippen LogP contribution in [0.4, 0.5) is 0 Å². The Kier molecular flexibility index (Phi) is 4.95. The summed E-state index contributed by atoms with van der Waals surface area (Å²) in [5, 5.41) is 14.9. The van der Waals surface area contributed by atoms with Gasteiger partial charge in [-0.2, -0.15) is 0 Å². The Morgan fingerprint density at radius 1 is 1.38 bits per heavy atom. The number of carbonyl (C=O) groups is 1. The number of likely N-dealkylation sites (N-methyl/N-ethyl adjacent to an activating group) is 1. The average Bonchev–Trinajstić information content (AvgIpc) is 2.35. The smallest absolute Gasteiger partial charge is 0.237 e. The summed E-state index contributed by atoms with van der Waals surface area (Å²) < 4.78 is 0. The molecule has 4 nitrogen and oxygen atoms in total. The minimum Gasteiger partial charge on any atom is -0.394 e. The first-order valence-corrected chi connectivity index (χ1v) is 5.32. The van der Waals surface area contributed by atoms with Crippen molar-refractivity contribution in [3.8, 4) is 0 Å². The predicted octanol–water partition coefficient (Wildman–Crippen LogP) is 0.444. The molecule has 2 unspecified atom stereocenters. The molecule has 0 aliphatic heterocycles. The third-order valence-corrected chi connectivity index (χ3v) is 2.53. The molecule has 1 aromatic rings. The van der Waals surface area contributed by atoms with Crippen molar-refractivity contribution in [1.82, 2.24) is 10.6 Å². The van der Waals surface area contributed by atoms with Crippen molar-refractivity contribution in [2.45, 2.75) is 19.0 Å². The van der Waals surface area contributed by atoms with Gasteiger partial charge in [-0.15, -0.1) is 0 Å². The maximum absolute atomic E-state index is 11.6. The second-order valence-corrected chi connectivity index (χ2v) is 3.66. The van der Waals surface area contributed by atoms with E-state index in [1.165, 1.54) is 0 Å². The molecule has 88 valence electrons. The van der Waals surface area contributed by atoms with Crippen molar-refractivity contribution < 1.29 is 9.90 Å². The van der Waals surface area contributed by atoms with E-state index in [0.29, 0.717) is 0 Å². The Morgan fingerprint density at radius 2 is 2.00 bits per heavy atom. The Bertz CT molecular complexity index is 327. The van der Waals surface area contributed by atoms with E-state index in [-0.39, 0.29) is 24.6 Å². The van der Waals surface area contributed by atoms with Crippen LogP contribution in [-0.2, 0) is 4.79 Å². The molecule has 0 spiro atoms. The molecule has 0 saturated carbocycles. The second-order valence-electron chi connectivity index (χ2n) is 3.66. The number of hydrogen-bond acceptors (Lipinski definition) is 3. The van der Waals surface area contributed by atoms with Gasteiger partial charge in [-0.05, 0) is 19.5 Å². The zero-order valence-corrected chi connectivity index (χ0v) is 9.60. The summed E-state index contributed by atoms with van der Waals surface area (Å²) in [6.45, 7) is 1.67. The summed E-state index contributed by atoms with van der Waals surface area (Å²) in [7, 11) is 1.72. The molecular weight excluding hydrogens is 204 g/mol. The molecular formula is C12H18N2O2. The first kappa shape index (κ1) is 12.7. The van der Waals surface area contributed by atoms with Crippen LogP contribution >= 0.6 is 0 Å². The van der Waals surface area contributed by atoms with Crippen molar-refractivity contribution in [2.75, 3.05) is 13.7 Å². The number of hydrogen-bond donors (Lipinski definition) is 3. The molecule has 2 atom stereocenters. The van der Waals surface area contributed by atoms with Crippen LogP contribution in [0.2, 0.25) is 0 Å². The van der Waals surface area contributed by atoms with E-state index >= 15 is 0 Å². The zero-order chi connectivity index (χ0) is 12.0. The van der Waals surface area contributed by atoms with Gasteiger partial charge in [0.15, 0.2) is 0 Å². The SMILES string of the molecule is CNC(C)C(=O)NC(CO)c1ccccc1. The van der Waals surface area contributed by atoms with Crippen molar-refractivity contribution in [3.63, 3.8) is 0 Å². The van der Waals surface area contributed by atoms with Gasteiger partial charge < -0.3 is 15.7 Å². The van der Waals surface area contributed by atoms with E-state index < -0.39 is 0 Å². The first-order valence-electron chi connectivity index (χ1n) is 5.32. The van der Waals surface area contributed by atoms with Crippen LogP contribution in [0.5, 0.6) is 0 Å². The normalized spacial score (nSPS) is 14.2. The molecule has 0 bridgehead atoms. The lowest BCUT2D eigenvalue weighted by Crippen LogP contribution is -2.42. The van der Waals surface area contributed by atoms with Crippen molar-refractivity contribution in [3.05, 3.63) is 35.9 Å². The lowest BCUT2D eigenvalue weighted by Gasteiger charge is -2.19. The summed E-state index contributed by atoms with van der Waals surface area (Å²) in [5.41, 5.74) is 0.904. The van der Waals surface area contributed by atoms with Gasteiger partial charge in [0.1, 0.15) is 0 Å². The molecule has 4 heteroatoms. The van der Waals surface area contributed by atoms with Crippen molar-refractivity contribution in [2.24, 2.45) is 0 Å². The minimum atomic E-state index is -0.343. The first-order chi connectivity index (χ1) is 7.69. The fourth-order valence-corrected chi connectivity index (χ4v) is 1.35. The lowest BCUT2D eigenvalue weighted by atomic mass is 10.1. The lowest BCUT2D eigenvalue weighted by molar-refractivity contribution is -0.123. The van der Waals surface area contributed by atoms with Crippen LogP contribution in [0.1, 0.15) is 18.5 Å². The summed E-state index contributed by atoms with van der Waals surface area (Å²) in [6, 6.07) is 8.81. The Balaban J connectivity index is 2.66. The van der Waals surface area contributed by atoms with Gasteiger partial charge in [0.2, 0.25) is 5.91 Å². The highest BCUT2D eigenvalue weighted by molar-refractivity contribution is 5.81. The third kappa shape index (κ3) is 3.32. The Morgan fingerprint density at radius 3 is 2.50 bits per heavy atom. The number of nitrogens with one attached hydrogen (secondary N) is 2. The maximum Gasteiger partial charge on any atom is 0.237 e. The van der Waals surface area contributed by atoms with Crippen molar-refractivity contribution in [1.29, 1.82) is 0 Å². The van der Waals surface area contributed by atoms with Gasteiger partial charge in [-0.3, -0.25) is 4.79 Å². The Hall–Kier alpha value is -1.39. The van der Waals surface area contributed by atoms with Crippen molar-refractivity contribution >= 4 is 5.91 Å². The van der Waals surface area contributed by atoms with Crippen LogP contribution in [0.25, 0.3) is 0 Å². The van der Waals surface area contributed by atoms with Gasteiger partial charge in [-0.25, -0.2) is 0 Å². The molecule has 3 N–H and O–H groups in total. The van der Waals surface area contributed by atoms with E-state index in [1.807, 2.05) is 30.3 Å². The molecule has 0 aliphatic rings. The van der Waals surface area contributed by atoms with Crippen LogP contribution < -0.4 is 10.6 Å². The predicted molar refractivity (Wildman–Crippen MR) is 62.9 cm³/mol. The number of aliphatic hydroxyl groups excluding tert-OH is 1. The monoisotopic (exact) mass is 222 g/mol. The quantitative estimate of drug-likeness (QED) is 0.677. The molecule has 16 heavy (non-hydrogen) atoms. The fourth-order valence-electron chi connectivity index (χ4n) is 1.35. The van der Waals surface area contributed by atoms with Crippen LogP contribution in [0.15, 0.2) is 30.3 Å². The van der Waals surface area contributed by atoms with Gasteiger partial charge in [0.05, 0.1) is 18.7 Å². The second kappa shape index (κ2) is 6.25. The minimum absolute atomic E-state index is 0.105. The number of benzene rings is 1. The zero-order valence-electron chi connectivity index (χ0n) is 9.60. The number of carbonyl (C=O) groups excluding carboxylic acids is 1. The van der Waals surface area contributed by atoms with Gasteiger partial charge in [-0.1, -0.05) is 30.3 Å². The van der Waals surface area contributed by atoms with Crippen LogP contribution in [-0.4, -0.2) is 30.7 Å². The van der Waals surface area contributed by atoms with Crippen LogP contribution in [0, 0.1) is 0 Å². The summed E-state index contributed by atoms with van der Waals surface area (Å²) in [4.78, 5) is 11.6. The summed E-state index contributed by atoms with van der Waals surface area (Å²) >= 11 is 0. The van der Waals surface area contributed by atoms with E-state index in [9.17, 15) is 9.90 Å². The third-order valence-electron chi connectivity index (χ3n) is 2.53. The number of rotatable bonds is 5. The molecule has 0 aliphatic carbocycles. The molecule has 0 saturated heterocycles. The molecule has 0 radical (unpaired) electrons. The van der Waals surface area contributed by atoms with Gasteiger partial charge in [0, 0.05) is 0 Å². The van der Waals surface area contributed by atoms with E-state index in [0.717, 1.165) is 5.56 Å². The number of amides is 1. The molecule has 1 rings (SSSR count). The highest BCUT2D eigenvalue weighted by atomic mass is 16.3. The summed E-state index contributed by atoms with van der Waals surface area (Å²) in [5.74, 6) is -0.120.